The molecular weight excluding hydrogens is 619 g/mol. The van der Waals surface area contributed by atoms with E-state index in [-0.39, 0.29) is 6.10 Å². The van der Waals surface area contributed by atoms with Crippen LogP contribution in [0.2, 0.25) is 0 Å². The summed E-state index contributed by atoms with van der Waals surface area (Å²) in [5, 5.41) is 0. The van der Waals surface area contributed by atoms with Gasteiger partial charge in [-0.25, -0.2) is 0 Å². The van der Waals surface area contributed by atoms with E-state index in [1.165, 1.54) is 204 Å². The molecule has 0 aromatic carbocycles. The van der Waals surface area contributed by atoms with E-state index in [0.29, 0.717) is 13.2 Å². The van der Waals surface area contributed by atoms with Crippen LogP contribution in [0.1, 0.15) is 226 Å². The molecular formula is C41H84O4PS+. The Morgan fingerprint density at radius 3 is 1.09 bits per heavy atom. The van der Waals surface area contributed by atoms with Crippen molar-refractivity contribution in [1.82, 2.24) is 0 Å². The van der Waals surface area contributed by atoms with E-state index in [0.717, 1.165) is 31.8 Å². The molecule has 0 aliphatic carbocycles. The summed E-state index contributed by atoms with van der Waals surface area (Å²) in [6.07, 6.45) is 44.0. The van der Waals surface area contributed by atoms with Crippen molar-refractivity contribution in [2.24, 2.45) is 0 Å². The van der Waals surface area contributed by atoms with Gasteiger partial charge in [-0.1, -0.05) is 213 Å². The van der Waals surface area contributed by atoms with E-state index in [1.807, 2.05) is 6.92 Å². The van der Waals surface area contributed by atoms with Gasteiger partial charge in [0.25, 0.3) is 0 Å². The molecule has 47 heavy (non-hydrogen) atoms. The molecule has 0 spiro atoms. The Kier molecular flexibility index (Phi) is 42.8. The van der Waals surface area contributed by atoms with Gasteiger partial charge in [0.15, 0.2) is 11.4 Å². The molecule has 0 bridgehead atoms. The predicted molar refractivity (Wildman–Crippen MR) is 211 cm³/mol. The summed E-state index contributed by atoms with van der Waals surface area (Å²) in [6.45, 7) is 9.02. The second kappa shape index (κ2) is 42.5. The minimum absolute atomic E-state index is 0.121. The number of hydrogen-bond acceptors (Lipinski definition) is 5. The Labute approximate surface area is 300 Å². The highest BCUT2D eigenvalue weighted by Crippen LogP contribution is 2.38. The molecule has 0 radical (unpaired) electrons. The quantitative estimate of drug-likeness (QED) is 0.0468. The second-order valence-corrected chi connectivity index (χ2v) is 17.3. The third kappa shape index (κ3) is 40.6. The summed E-state index contributed by atoms with van der Waals surface area (Å²) < 4.78 is 29.7. The standard InChI is InChI=1S/C41H84O4PS/c1-4-7-9-11-13-15-17-19-21-23-25-27-29-31-33-35-37-43-39-41(40-45-46(42)47-6-3)44-38-36-34-32-30-28-26-24-22-20-18-16-14-12-10-8-5-2/h41H,4-40H2,1-3H3/q+1. The summed E-state index contributed by atoms with van der Waals surface area (Å²) >= 11 is 1.37. The normalized spacial score (nSPS) is 12.6. The Balaban J connectivity index is 3.68. The topological polar surface area (TPSA) is 44.8 Å². The lowest BCUT2D eigenvalue weighted by molar-refractivity contribution is -0.0373. The molecule has 0 aliphatic heterocycles. The largest absolute Gasteiger partial charge is 0.585 e. The Morgan fingerprint density at radius 2 is 0.745 bits per heavy atom. The molecule has 6 heteroatoms. The zero-order valence-electron chi connectivity index (χ0n) is 32.2. The maximum Gasteiger partial charge on any atom is 0.585 e. The number of unbranched alkanes of at least 4 members (excludes halogenated alkanes) is 30. The lowest BCUT2D eigenvalue weighted by Gasteiger charge is -2.16. The van der Waals surface area contributed by atoms with Gasteiger partial charge in [0.05, 0.1) is 6.61 Å². The zero-order chi connectivity index (χ0) is 34.1. The minimum atomic E-state index is -1.66. The lowest BCUT2D eigenvalue weighted by atomic mass is 10.0. The van der Waals surface area contributed by atoms with Crippen LogP contribution in [0, 0.1) is 0 Å². The summed E-state index contributed by atoms with van der Waals surface area (Å²) in [5.41, 5.74) is 0. The highest BCUT2D eigenvalue weighted by atomic mass is 32.7. The SMILES string of the molecule is CCCCCCCCCCCCCCCCCCOCC(CO[P+](=O)SCC)OCCCCCCCCCCCCCCCCCC. The molecule has 2 unspecified atom stereocenters. The van der Waals surface area contributed by atoms with E-state index in [4.69, 9.17) is 14.0 Å². The van der Waals surface area contributed by atoms with Crippen molar-refractivity contribution in [3.05, 3.63) is 0 Å². The van der Waals surface area contributed by atoms with Gasteiger partial charge in [-0.05, 0) is 17.4 Å². The fourth-order valence-corrected chi connectivity index (χ4v) is 7.91. The summed E-state index contributed by atoms with van der Waals surface area (Å²) in [5.74, 6) is 0.801. The third-order valence-electron chi connectivity index (χ3n) is 9.40. The fraction of sp³-hybridized carbons (Fsp3) is 1.00. The second-order valence-electron chi connectivity index (χ2n) is 14.1. The summed E-state index contributed by atoms with van der Waals surface area (Å²) in [6, 6.07) is 0. The third-order valence-corrected chi connectivity index (χ3v) is 11.9. The van der Waals surface area contributed by atoms with Gasteiger partial charge in [-0.2, -0.15) is 0 Å². The van der Waals surface area contributed by atoms with Gasteiger partial charge in [0, 0.05) is 19.0 Å². The molecule has 0 amide bonds. The first-order valence-corrected chi connectivity index (χ1v) is 23.9. The Hall–Kier alpha value is 0.330. The van der Waals surface area contributed by atoms with Crippen LogP contribution >= 0.6 is 18.6 Å². The van der Waals surface area contributed by atoms with E-state index >= 15 is 0 Å². The number of ether oxygens (including phenoxy) is 2. The maximum absolute atomic E-state index is 12.0. The number of rotatable bonds is 42. The van der Waals surface area contributed by atoms with E-state index in [1.54, 1.807) is 0 Å². The molecule has 0 fully saturated rings. The first-order valence-electron chi connectivity index (χ1n) is 21.2. The average Bonchev–Trinajstić information content (AvgIpc) is 3.07. The van der Waals surface area contributed by atoms with Crippen LogP contribution in [0.3, 0.4) is 0 Å². The number of hydrogen-bond donors (Lipinski definition) is 0. The monoisotopic (exact) mass is 704 g/mol. The van der Waals surface area contributed by atoms with Crippen molar-refractivity contribution in [3.63, 3.8) is 0 Å². The van der Waals surface area contributed by atoms with Crippen molar-refractivity contribution < 1.29 is 18.6 Å². The zero-order valence-corrected chi connectivity index (χ0v) is 33.9. The first-order chi connectivity index (χ1) is 23.2. The summed E-state index contributed by atoms with van der Waals surface area (Å²) in [4.78, 5) is 0. The van der Waals surface area contributed by atoms with Gasteiger partial charge in [-0.3, -0.25) is 0 Å². The molecule has 0 saturated heterocycles. The smallest absolute Gasteiger partial charge is 0.379 e. The van der Waals surface area contributed by atoms with Crippen LogP contribution in [0.4, 0.5) is 0 Å². The van der Waals surface area contributed by atoms with Crippen LogP contribution in [0.15, 0.2) is 0 Å². The van der Waals surface area contributed by atoms with E-state index < -0.39 is 7.23 Å². The minimum Gasteiger partial charge on any atom is -0.379 e. The van der Waals surface area contributed by atoms with Gasteiger partial charge >= 0.3 is 7.23 Å². The van der Waals surface area contributed by atoms with Crippen molar-refractivity contribution in [1.29, 1.82) is 0 Å². The van der Waals surface area contributed by atoms with E-state index in [9.17, 15) is 4.57 Å². The highest BCUT2D eigenvalue weighted by Gasteiger charge is 2.22. The molecule has 0 heterocycles. The molecule has 0 aromatic rings. The average molecular weight is 704 g/mol. The molecule has 0 aromatic heterocycles. The molecule has 0 saturated carbocycles. The first kappa shape index (κ1) is 47.3. The highest BCUT2D eigenvalue weighted by molar-refractivity contribution is 8.50. The van der Waals surface area contributed by atoms with E-state index in [2.05, 4.69) is 13.8 Å². The van der Waals surface area contributed by atoms with Gasteiger partial charge in [-0.15, -0.1) is 4.52 Å². The van der Waals surface area contributed by atoms with Crippen LogP contribution in [-0.2, 0) is 18.6 Å². The van der Waals surface area contributed by atoms with Crippen molar-refractivity contribution in [2.45, 2.75) is 232 Å². The molecule has 0 N–H and O–H groups in total. The van der Waals surface area contributed by atoms with Crippen LogP contribution in [-0.4, -0.2) is 38.3 Å². The van der Waals surface area contributed by atoms with Crippen LogP contribution < -0.4 is 0 Å². The fourth-order valence-electron chi connectivity index (χ4n) is 6.30. The molecule has 0 rings (SSSR count). The van der Waals surface area contributed by atoms with Crippen molar-refractivity contribution >= 4 is 18.6 Å². The van der Waals surface area contributed by atoms with Gasteiger partial charge in [0.2, 0.25) is 0 Å². The Morgan fingerprint density at radius 1 is 0.426 bits per heavy atom. The van der Waals surface area contributed by atoms with Crippen molar-refractivity contribution in [2.75, 3.05) is 32.2 Å². The molecule has 2 atom stereocenters. The maximum atomic E-state index is 12.0. The molecule has 4 nitrogen and oxygen atoms in total. The van der Waals surface area contributed by atoms with Crippen molar-refractivity contribution in [3.8, 4) is 0 Å². The molecule has 0 aliphatic rings. The van der Waals surface area contributed by atoms with Crippen LogP contribution in [0.25, 0.3) is 0 Å². The Bertz CT molecular complexity index is 594. The predicted octanol–water partition coefficient (Wildman–Crippen LogP) is 15.3. The molecule has 282 valence electrons. The summed E-state index contributed by atoms with van der Waals surface area (Å²) in [7, 11) is -1.66. The van der Waals surface area contributed by atoms with Gasteiger partial charge in [0.1, 0.15) is 12.7 Å². The van der Waals surface area contributed by atoms with Crippen LogP contribution in [0.5, 0.6) is 0 Å². The van der Waals surface area contributed by atoms with Gasteiger partial charge < -0.3 is 9.47 Å². The lowest BCUT2D eigenvalue weighted by Crippen LogP contribution is -2.25.